The third-order valence-electron chi connectivity index (χ3n) is 1.22. The van der Waals surface area contributed by atoms with E-state index in [1.54, 1.807) is 0 Å². The molecule has 0 aliphatic carbocycles. The summed E-state index contributed by atoms with van der Waals surface area (Å²) >= 11 is 0. The molecule has 0 aliphatic rings. The van der Waals surface area contributed by atoms with Crippen LogP contribution in [0.15, 0.2) is 43.0 Å². The van der Waals surface area contributed by atoms with Crippen LogP contribution in [0.5, 0.6) is 0 Å². The van der Waals surface area contributed by atoms with Crippen molar-refractivity contribution in [3.8, 4) is 0 Å². The zero-order valence-electron chi connectivity index (χ0n) is 7.38. The first-order valence-electron chi connectivity index (χ1n) is 3.08. The number of rotatable bonds is 2. The van der Waals surface area contributed by atoms with E-state index in [0.717, 1.165) is 6.42 Å². The second kappa shape index (κ2) is 6.32. The average molecular weight is 158 g/mol. The van der Waals surface area contributed by atoms with Gasteiger partial charge in [0.25, 0.3) is 0 Å². The van der Waals surface area contributed by atoms with Crippen LogP contribution in [-0.4, -0.2) is 0 Å². The minimum atomic E-state index is 0. The third-order valence-corrected chi connectivity index (χ3v) is 1.22. The fourth-order valence-corrected chi connectivity index (χ4v) is 0.781. The molecule has 0 heterocycles. The van der Waals surface area contributed by atoms with Gasteiger partial charge in [-0.2, -0.15) is 0 Å². The Morgan fingerprint density at radius 2 is 1.90 bits per heavy atom. The predicted molar refractivity (Wildman–Crippen MR) is 41.5 cm³/mol. The molecule has 0 amide bonds. The Hall–Kier alpha value is 0.596. The molecule has 0 spiro atoms. The maximum atomic E-state index is 3.66. The molecule has 0 bridgehead atoms. The van der Waals surface area contributed by atoms with Gasteiger partial charge in [0.2, 0.25) is 0 Å². The van der Waals surface area contributed by atoms with Gasteiger partial charge in [0.1, 0.15) is 0 Å². The van der Waals surface area contributed by atoms with Crippen LogP contribution in [0.4, 0.5) is 0 Å². The maximum absolute atomic E-state index is 3.66. The van der Waals surface area contributed by atoms with E-state index in [9.17, 15) is 0 Å². The molecule has 0 atom stereocenters. The van der Waals surface area contributed by atoms with Gasteiger partial charge in [0, 0.05) is 0 Å². The van der Waals surface area contributed by atoms with E-state index in [2.05, 4.69) is 18.7 Å². The van der Waals surface area contributed by atoms with Crippen molar-refractivity contribution in [2.45, 2.75) is 6.42 Å². The molecule has 48 valence electrons. The molecular formula is C9H11K. The summed E-state index contributed by atoms with van der Waals surface area (Å²) in [6.07, 6.45) is 2.89. The molecule has 1 heteroatoms. The van der Waals surface area contributed by atoms with Gasteiger partial charge in [-0.15, -0.1) is 6.58 Å². The summed E-state index contributed by atoms with van der Waals surface area (Å²) < 4.78 is 0. The van der Waals surface area contributed by atoms with Crippen molar-refractivity contribution in [1.29, 1.82) is 0 Å². The minimum absolute atomic E-state index is 0. The molecule has 0 fully saturated rings. The first-order valence-corrected chi connectivity index (χ1v) is 3.08. The zero-order chi connectivity index (χ0) is 6.53. The van der Waals surface area contributed by atoms with Crippen molar-refractivity contribution in [2.75, 3.05) is 0 Å². The molecule has 1 aromatic carbocycles. The van der Waals surface area contributed by atoms with Crippen LogP contribution < -0.4 is 51.4 Å². The molecule has 0 saturated carbocycles. The first-order chi connectivity index (χ1) is 4.43. The third kappa shape index (κ3) is 3.69. The Morgan fingerprint density at radius 1 is 1.30 bits per heavy atom. The monoisotopic (exact) mass is 158 g/mol. The minimum Gasteiger partial charge on any atom is -1.00 e. The molecular weight excluding hydrogens is 147 g/mol. The Kier molecular flexibility index (Phi) is 6.69. The summed E-state index contributed by atoms with van der Waals surface area (Å²) in [5.41, 5.74) is 1.33. The van der Waals surface area contributed by atoms with Crippen molar-refractivity contribution in [3.05, 3.63) is 48.6 Å². The molecule has 1 rings (SSSR count). The van der Waals surface area contributed by atoms with Gasteiger partial charge in [-0.05, 0) is 12.0 Å². The van der Waals surface area contributed by atoms with Gasteiger partial charge < -0.3 is 1.43 Å². The summed E-state index contributed by atoms with van der Waals surface area (Å²) in [5, 5.41) is 0. The Labute approximate surface area is 106 Å². The van der Waals surface area contributed by atoms with E-state index in [4.69, 9.17) is 0 Å². The van der Waals surface area contributed by atoms with Gasteiger partial charge >= 0.3 is 51.4 Å². The van der Waals surface area contributed by atoms with E-state index >= 15 is 0 Å². The van der Waals surface area contributed by atoms with Crippen LogP contribution in [0.25, 0.3) is 0 Å². The topological polar surface area (TPSA) is 0 Å². The Balaban J connectivity index is 0. The van der Waals surface area contributed by atoms with E-state index in [1.807, 2.05) is 24.3 Å². The molecule has 1 aromatic rings. The number of allylic oxidation sites excluding steroid dienone is 1. The number of benzene rings is 1. The largest absolute Gasteiger partial charge is 1.00 e. The Bertz CT molecular complexity index is 184. The van der Waals surface area contributed by atoms with Crippen molar-refractivity contribution < 1.29 is 52.8 Å². The summed E-state index contributed by atoms with van der Waals surface area (Å²) in [7, 11) is 0. The molecule has 0 nitrogen and oxygen atoms in total. The molecule has 0 aliphatic heterocycles. The van der Waals surface area contributed by atoms with E-state index < -0.39 is 0 Å². The van der Waals surface area contributed by atoms with Gasteiger partial charge in [-0.25, -0.2) is 0 Å². The van der Waals surface area contributed by atoms with Crippen molar-refractivity contribution in [2.24, 2.45) is 0 Å². The molecule has 0 radical (unpaired) electrons. The quantitative estimate of drug-likeness (QED) is 0.403. The van der Waals surface area contributed by atoms with Gasteiger partial charge in [-0.1, -0.05) is 36.4 Å². The fraction of sp³-hybridized carbons (Fsp3) is 0.111. The summed E-state index contributed by atoms with van der Waals surface area (Å²) in [4.78, 5) is 0. The second-order valence-corrected chi connectivity index (χ2v) is 1.98. The predicted octanol–water partition coefficient (Wildman–Crippen LogP) is -0.468. The zero-order valence-corrected chi connectivity index (χ0v) is 9.50. The van der Waals surface area contributed by atoms with Crippen LogP contribution >= 0.6 is 0 Å². The van der Waals surface area contributed by atoms with Crippen molar-refractivity contribution in [3.63, 3.8) is 0 Å². The van der Waals surface area contributed by atoms with Gasteiger partial charge in [0.05, 0.1) is 0 Å². The van der Waals surface area contributed by atoms with Crippen LogP contribution in [0.1, 0.15) is 6.99 Å². The van der Waals surface area contributed by atoms with Gasteiger partial charge in [0.15, 0.2) is 0 Å². The van der Waals surface area contributed by atoms with Crippen molar-refractivity contribution in [1.82, 2.24) is 0 Å². The number of hydrogen-bond donors (Lipinski definition) is 0. The van der Waals surface area contributed by atoms with Gasteiger partial charge in [-0.3, -0.25) is 0 Å². The summed E-state index contributed by atoms with van der Waals surface area (Å²) in [5.74, 6) is 0. The molecule has 10 heavy (non-hydrogen) atoms. The van der Waals surface area contributed by atoms with E-state index in [-0.39, 0.29) is 52.8 Å². The average Bonchev–Trinajstić information content (AvgIpc) is 1.91. The molecule has 0 saturated heterocycles. The summed E-state index contributed by atoms with van der Waals surface area (Å²) in [6, 6.07) is 10.3. The normalized spacial score (nSPS) is 8.00. The fourth-order valence-electron chi connectivity index (χ4n) is 0.781. The smallest absolute Gasteiger partial charge is 1.00 e. The van der Waals surface area contributed by atoms with Crippen molar-refractivity contribution >= 4 is 0 Å². The Morgan fingerprint density at radius 3 is 2.40 bits per heavy atom. The van der Waals surface area contributed by atoms with Crippen LogP contribution in [0.2, 0.25) is 0 Å². The SMILES string of the molecule is C=CCc1ccccc1.[H-].[K+]. The molecule has 0 unspecified atom stereocenters. The maximum Gasteiger partial charge on any atom is 1.00 e. The number of hydrogen-bond acceptors (Lipinski definition) is 0. The summed E-state index contributed by atoms with van der Waals surface area (Å²) in [6.45, 7) is 3.66. The standard InChI is InChI=1S/C9H10.K.H/c1-2-6-9-7-4-3-5-8-9;;/h2-5,7-8H,1,6H2;;/q;+1;-1. The molecule has 0 aromatic heterocycles. The van der Waals surface area contributed by atoms with Crippen LogP contribution in [-0.2, 0) is 6.42 Å². The second-order valence-electron chi connectivity index (χ2n) is 1.98. The van der Waals surface area contributed by atoms with E-state index in [1.165, 1.54) is 5.56 Å². The van der Waals surface area contributed by atoms with Crippen LogP contribution in [0.3, 0.4) is 0 Å². The van der Waals surface area contributed by atoms with E-state index in [0.29, 0.717) is 0 Å². The first kappa shape index (κ1) is 10.6. The molecule has 0 N–H and O–H groups in total. The van der Waals surface area contributed by atoms with Crippen LogP contribution in [0, 0.1) is 0 Å².